The number of morpholine rings is 1. The second-order valence-corrected chi connectivity index (χ2v) is 34.5. The molecule has 7 heterocycles. The van der Waals surface area contributed by atoms with Crippen molar-refractivity contribution < 1.29 is 9.47 Å². The number of hydrogen-bond acceptors (Lipinski definition) is 8. The van der Waals surface area contributed by atoms with E-state index in [0.29, 0.717) is 44.0 Å². The summed E-state index contributed by atoms with van der Waals surface area (Å²) in [5, 5.41) is 13.8. The first-order chi connectivity index (χ1) is 35.3. The first-order valence-corrected chi connectivity index (χ1v) is 32.8. The topological polar surface area (TPSA) is 73.1 Å². The van der Waals surface area contributed by atoms with E-state index in [9.17, 15) is 0 Å². The van der Waals surface area contributed by atoms with Gasteiger partial charge in [-0.15, -0.1) is 0 Å². The van der Waals surface area contributed by atoms with Crippen molar-refractivity contribution in [1.82, 2.24) is 31.1 Å². The van der Waals surface area contributed by atoms with E-state index in [4.69, 9.17) is 9.47 Å². The number of likely N-dealkylation sites (tertiary alicyclic amines) is 2. The zero-order valence-corrected chi connectivity index (χ0v) is 56.9. The summed E-state index contributed by atoms with van der Waals surface area (Å²) in [6.45, 7) is 65.1. The van der Waals surface area contributed by atoms with Crippen molar-refractivity contribution in [2.45, 2.75) is 281 Å². The van der Waals surface area contributed by atoms with Crippen LogP contribution < -0.4 is 21.3 Å². The molecule has 0 aromatic rings. The van der Waals surface area contributed by atoms with E-state index in [1.54, 1.807) is 0 Å². The average molecular weight is 1110 g/mol. The molecule has 0 spiro atoms. The van der Waals surface area contributed by atoms with Crippen LogP contribution in [-0.2, 0) is 9.47 Å². The van der Waals surface area contributed by atoms with Crippen LogP contribution in [0.5, 0.6) is 0 Å². The molecule has 0 bridgehead atoms. The van der Waals surface area contributed by atoms with Gasteiger partial charge in [0.05, 0.1) is 12.7 Å². The predicted molar refractivity (Wildman–Crippen MR) is 349 cm³/mol. The van der Waals surface area contributed by atoms with Gasteiger partial charge >= 0.3 is 0 Å². The summed E-state index contributed by atoms with van der Waals surface area (Å²) in [6.07, 6.45) is 25.1. The van der Waals surface area contributed by atoms with Crippen molar-refractivity contribution in [1.29, 1.82) is 0 Å². The van der Waals surface area contributed by atoms with Gasteiger partial charge in [-0.05, 0) is 237 Å². The summed E-state index contributed by atoms with van der Waals surface area (Å²) >= 11 is 0. The van der Waals surface area contributed by atoms with Crippen molar-refractivity contribution in [3.8, 4) is 0 Å². The van der Waals surface area contributed by atoms with Gasteiger partial charge in [0, 0.05) is 45.4 Å². The lowest BCUT2D eigenvalue weighted by Crippen LogP contribution is -2.40. The van der Waals surface area contributed by atoms with E-state index in [0.717, 1.165) is 75.0 Å². The molecular weight excluding hydrogens is 957 g/mol. The highest BCUT2D eigenvalue weighted by atomic mass is 16.5. The fraction of sp³-hybridized carbons (Fsp3) is 1.00. The molecule has 0 amide bonds. The fourth-order valence-corrected chi connectivity index (χ4v) is 13.2. The fourth-order valence-electron chi connectivity index (χ4n) is 13.2. The Morgan fingerprint density at radius 2 is 0.846 bits per heavy atom. The second-order valence-electron chi connectivity index (χ2n) is 34.5. The van der Waals surface area contributed by atoms with Gasteiger partial charge in [-0.3, -0.25) is 0 Å². The van der Waals surface area contributed by atoms with E-state index in [-0.39, 0.29) is 7.43 Å². The standard InChI is InChI=1S/C11H23N.4C10H21N.C9H19NO.C9H18O.CH4/c1-11(2,3)8-10-6-5-7-12(4)9-10;1-10(2,3)7-9-5-6-11(4)8-9;1-10(2,3)8-9-4-6-11-7-5-9;1-10(2,3)7-9-5-4-6-11-8-9;1-10(2,3)8-9-6-4-5-7-11-9;1-9(2,3)6-8-7-10-4-5-11-8;1-9(2,3)6-8-4-5-10-7-8;/h10H,5-9H2,1-4H3;9H,5-8H2,1-4H3;3*9,11H,4-8H2,1-3H3;8,10H,4-7H2,1-3H3;8H,4-7H2,1-3H3;1H4. The Morgan fingerprint density at radius 1 is 0.372 bits per heavy atom. The quantitative estimate of drug-likeness (QED) is 0.201. The number of rotatable bonds is 7. The maximum absolute atomic E-state index is 5.59. The van der Waals surface area contributed by atoms with Gasteiger partial charge in [-0.1, -0.05) is 159 Å². The minimum Gasteiger partial charge on any atom is -0.381 e. The second kappa shape index (κ2) is 38.6. The van der Waals surface area contributed by atoms with E-state index in [1.807, 2.05) is 0 Å². The average Bonchev–Trinajstić information content (AvgIpc) is 3.93. The smallest absolute Gasteiger partial charge is 0.0705 e. The van der Waals surface area contributed by atoms with Gasteiger partial charge < -0.3 is 40.5 Å². The van der Waals surface area contributed by atoms with Crippen molar-refractivity contribution in [3.05, 3.63) is 0 Å². The molecule has 6 unspecified atom stereocenters. The SMILES string of the molecule is C.CC(C)(C)CC1CCCCN1.CC(C)(C)CC1CCCNC1.CC(C)(C)CC1CCNCC1.CC(C)(C)CC1CCOC1.CC(C)(C)CC1CNCCO1.CN1CCC(CC(C)(C)C)C1.CN1CCCC(CC(C)(C)C)C1. The third kappa shape index (κ3) is 49.1. The summed E-state index contributed by atoms with van der Waals surface area (Å²) in [5.74, 6) is 4.66. The van der Waals surface area contributed by atoms with Crippen molar-refractivity contribution in [3.63, 3.8) is 0 Å². The minimum absolute atomic E-state index is 0. The Balaban J connectivity index is 0.000000885. The Hall–Kier alpha value is -0.320. The zero-order valence-electron chi connectivity index (χ0n) is 56.9. The summed E-state index contributed by atoms with van der Waals surface area (Å²) in [6, 6.07) is 0.795. The molecule has 0 radical (unpaired) electrons. The molecule has 8 heteroatoms. The van der Waals surface area contributed by atoms with Gasteiger partial charge in [-0.2, -0.15) is 0 Å². The van der Waals surface area contributed by atoms with E-state index in [1.165, 1.54) is 168 Å². The predicted octanol–water partition coefficient (Wildman–Crippen LogP) is 17.1. The first-order valence-electron chi connectivity index (χ1n) is 32.8. The van der Waals surface area contributed by atoms with Gasteiger partial charge in [0.2, 0.25) is 0 Å². The Kier molecular flexibility index (Phi) is 38.4. The third-order valence-corrected chi connectivity index (χ3v) is 15.7. The molecule has 6 atom stereocenters. The highest BCUT2D eigenvalue weighted by molar-refractivity contribution is 4.81. The molecule has 0 saturated carbocycles. The molecule has 7 aliphatic rings. The molecule has 7 rings (SSSR count). The van der Waals surface area contributed by atoms with Crippen LogP contribution >= 0.6 is 0 Å². The van der Waals surface area contributed by atoms with Gasteiger partial charge in [0.1, 0.15) is 0 Å². The zero-order chi connectivity index (χ0) is 58.6. The number of nitrogens with one attached hydrogen (secondary N) is 4. The van der Waals surface area contributed by atoms with Gasteiger partial charge in [0.25, 0.3) is 0 Å². The number of ether oxygens (including phenoxy) is 2. The van der Waals surface area contributed by atoms with Crippen LogP contribution in [0.1, 0.15) is 268 Å². The molecule has 0 aromatic heterocycles. The van der Waals surface area contributed by atoms with E-state index < -0.39 is 0 Å². The normalized spacial score (nSPS) is 26.2. The lowest BCUT2D eigenvalue weighted by molar-refractivity contribution is 0.00460. The minimum atomic E-state index is 0. The largest absolute Gasteiger partial charge is 0.381 e. The molecule has 4 N–H and O–H groups in total. The molecule has 78 heavy (non-hydrogen) atoms. The lowest BCUT2D eigenvalue weighted by atomic mass is 9.81. The van der Waals surface area contributed by atoms with Crippen LogP contribution in [0, 0.1) is 67.5 Å². The van der Waals surface area contributed by atoms with Crippen LogP contribution in [0.15, 0.2) is 0 Å². The molecule has 8 nitrogen and oxygen atoms in total. The van der Waals surface area contributed by atoms with Crippen LogP contribution in [0.3, 0.4) is 0 Å². The monoisotopic (exact) mass is 1110 g/mol. The van der Waals surface area contributed by atoms with Gasteiger partial charge in [-0.25, -0.2) is 0 Å². The molecule has 0 aliphatic carbocycles. The van der Waals surface area contributed by atoms with Crippen molar-refractivity contribution in [2.75, 3.05) is 106 Å². The van der Waals surface area contributed by atoms with E-state index >= 15 is 0 Å². The number of nitrogens with zero attached hydrogens (tertiary/aromatic N) is 2. The van der Waals surface area contributed by atoms with Crippen LogP contribution in [0.25, 0.3) is 0 Å². The number of piperidine rings is 4. The maximum Gasteiger partial charge on any atom is 0.0705 e. The van der Waals surface area contributed by atoms with Crippen molar-refractivity contribution in [2.24, 2.45) is 67.5 Å². The third-order valence-electron chi connectivity index (χ3n) is 15.7. The lowest BCUT2D eigenvalue weighted by Gasteiger charge is -2.33. The maximum atomic E-state index is 5.59. The highest BCUT2D eigenvalue weighted by Gasteiger charge is 2.27. The molecular formula is C70H148N6O2. The molecule has 470 valence electrons. The van der Waals surface area contributed by atoms with Crippen LogP contribution in [-0.4, -0.2) is 128 Å². The Bertz CT molecular complexity index is 1240. The van der Waals surface area contributed by atoms with Gasteiger partial charge in [0.15, 0.2) is 0 Å². The van der Waals surface area contributed by atoms with Crippen LogP contribution in [0.4, 0.5) is 0 Å². The molecule has 0 aromatic carbocycles. The summed E-state index contributed by atoms with van der Waals surface area (Å²) in [5.41, 5.74) is 3.46. The summed E-state index contributed by atoms with van der Waals surface area (Å²) in [7, 11) is 4.47. The Morgan fingerprint density at radius 3 is 1.27 bits per heavy atom. The molecule has 7 aliphatic heterocycles. The van der Waals surface area contributed by atoms with Crippen molar-refractivity contribution >= 4 is 0 Å². The highest BCUT2D eigenvalue weighted by Crippen LogP contribution is 2.33. The Labute approximate surface area is 492 Å². The number of hydrogen-bond donors (Lipinski definition) is 4. The van der Waals surface area contributed by atoms with Crippen LogP contribution in [0.2, 0.25) is 0 Å². The summed E-state index contributed by atoms with van der Waals surface area (Å²) < 4.78 is 10.9. The van der Waals surface area contributed by atoms with E-state index in [2.05, 4.69) is 191 Å². The molecule has 7 fully saturated rings. The molecule has 7 saturated heterocycles. The first kappa shape index (κ1) is 77.7. The summed E-state index contributed by atoms with van der Waals surface area (Å²) in [4.78, 5) is 4.91.